The van der Waals surface area contributed by atoms with Gasteiger partial charge in [-0.25, -0.2) is 4.98 Å². The lowest BCUT2D eigenvalue weighted by molar-refractivity contribution is 0.0793. The van der Waals surface area contributed by atoms with Gasteiger partial charge in [-0.15, -0.1) is 0 Å². The number of carbonyl (C=O) groups is 1. The van der Waals surface area contributed by atoms with E-state index in [0.717, 1.165) is 71.3 Å². The van der Waals surface area contributed by atoms with E-state index in [2.05, 4.69) is 48.0 Å². The number of nitrogens with zero attached hydrogens (tertiary/aromatic N) is 3. The van der Waals surface area contributed by atoms with E-state index in [1.165, 1.54) is 0 Å². The Morgan fingerprint density at radius 2 is 1.94 bits per heavy atom. The molecule has 1 aromatic heterocycles. The molecule has 0 radical (unpaired) electrons. The third-order valence-electron chi connectivity index (χ3n) is 6.69. The summed E-state index contributed by atoms with van der Waals surface area (Å²) in [4.78, 5) is 22.2. The van der Waals surface area contributed by atoms with Crippen molar-refractivity contribution in [2.75, 3.05) is 43.5 Å². The maximum atomic E-state index is 13.3. The number of likely N-dealkylation sites (tertiary alicyclic amines) is 1. The van der Waals surface area contributed by atoms with Crippen LogP contribution < -0.4 is 10.6 Å². The normalized spacial score (nSPS) is 19.0. The Hall–Kier alpha value is -3.12. The number of nitrogen functional groups attached to an aromatic ring is 1. The van der Waals surface area contributed by atoms with Crippen LogP contribution in [-0.4, -0.2) is 54.7 Å². The van der Waals surface area contributed by atoms with Gasteiger partial charge < -0.3 is 20.3 Å². The Labute approximate surface area is 189 Å². The van der Waals surface area contributed by atoms with E-state index >= 15 is 0 Å². The van der Waals surface area contributed by atoms with Crippen LogP contribution in [0.2, 0.25) is 0 Å². The molecule has 32 heavy (non-hydrogen) atoms. The van der Waals surface area contributed by atoms with E-state index in [1.807, 2.05) is 23.1 Å². The number of morpholine rings is 1. The van der Waals surface area contributed by atoms with Gasteiger partial charge in [0.2, 0.25) is 0 Å². The predicted molar refractivity (Wildman–Crippen MR) is 129 cm³/mol. The van der Waals surface area contributed by atoms with Crippen LogP contribution >= 0.6 is 0 Å². The number of aryl methyl sites for hydroxylation is 1. The zero-order chi connectivity index (χ0) is 22.2. The first-order valence-corrected chi connectivity index (χ1v) is 11.5. The van der Waals surface area contributed by atoms with E-state index in [0.29, 0.717) is 19.0 Å². The highest BCUT2D eigenvalue weighted by molar-refractivity contribution is 6.03. The second-order valence-corrected chi connectivity index (χ2v) is 8.91. The van der Waals surface area contributed by atoms with Gasteiger partial charge in [0.15, 0.2) is 0 Å². The smallest absolute Gasteiger partial charge is 0.254 e. The van der Waals surface area contributed by atoms with Crippen LogP contribution in [0.3, 0.4) is 0 Å². The second kappa shape index (κ2) is 8.43. The van der Waals surface area contributed by atoms with Crippen molar-refractivity contribution in [2.45, 2.75) is 32.7 Å². The summed E-state index contributed by atoms with van der Waals surface area (Å²) in [5, 5.41) is 1.02. The molecule has 1 unspecified atom stereocenters. The molecule has 3 heterocycles. The third kappa shape index (κ3) is 3.69. The summed E-state index contributed by atoms with van der Waals surface area (Å²) in [6, 6.07) is 14.6. The zero-order valence-electron chi connectivity index (χ0n) is 18.8. The first kappa shape index (κ1) is 20.8. The maximum absolute atomic E-state index is 13.3. The predicted octanol–water partition coefficient (Wildman–Crippen LogP) is 4.25. The van der Waals surface area contributed by atoms with Crippen LogP contribution in [0.15, 0.2) is 42.5 Å². The number of nitrogens with two attached hydrogens (primary N) is 1. The summed E-state index contributed by atoms with van der Waals surface area (Å²) in [5.74, 6) is 0.666. The average Bonchev–Trinajstić information content (AvgIpc) is 3.33. The lowest BCUT2D eigenvalue weighted by Gasteiger charge is -2.35. The van der Waals surface area contributed by atoms with Crippen molar-refractivity contribution in [3.8, 4) is 11.1 Å². The molecule has 6 heteroatoms. The number of aromatic nitrogens is 1. The quantitative estimate of drug-likeness (QED) is 0.672. The van der Waals surface area contributed by atoms with Crippen molar-refractivity contribution in [3.63, 3.8) is 0 Å². The van der Waals surface area contributed by atoms with Crippen molar-refractivity contribution in [1.29, 1.82) is 0 Å². The van der Waals surface area contributed by atoms with Crippen LogP contribution in [0.4, 0.5) is 11.5 Å². The van der Waals surface area contributed by atoms with Gasteiger partial charge in [0.1, 0.15) is 5.82 Å². The topological polar surface area (TPSA) is 71.7 Å². The van der Waals surface area contributed by atoms with E-state index in [-0.39, 0.29) is 11.9 Å². The van der Waals surface area contributed by atoms with Crippen LogP contribution in [0, 0.1) is 6.92 Å². The first-order valence-electron chi connectivity index (χ1n) is 11.5. The highest BCUT2D eigenvalue weighted by atomic mass is 16.5. The number of hydrogen-bond donors (Lipinski definition) is 1. The second-order valence-electron chi connectivity index (χ2n) is 8.91. The maximum Gasteiger partial charge on any atom is 0.254 e. The lowest BCUT2D eigenvalue weighted by Crippen LogP contribution is -2.44. The van der Waals surface area contributed by atoms with Gasteiger partial charge in [0.25, 0.3) is 5.91 Å². The molecule has 166 valence electrons. The van der Waals surface area contributed by atoms with E-state index in [9.17, 15) is 4.79 Å². The van der Waals surface area contributed by atoms with Crippen molar-refractivity contribution in [1.82, 2.24) is 9.88 Å². The molecule has 1 amide bonds. The van der Waals surface area contributed by atoms with Gasteiger partial charge in [0, 0.05) is 36.6 Å². The number of anilines is 2. The van der Waals surface area contributed by atoms with E-state index in [1.54, 1.807) is 0 Å². The van der Waals surface area contributed by atoms with Crippen molar-refractivity contribution in [3.05, 3.63) is 53.6 Å². The molecule has 2 N–H and O–H groups in total. The first-order chi connectivity index (χ1) is 15.5. The molecule has 0 aliphatic carbocycles. The molecule has 2 aromatic carbocycles. The molecule has 6 nitrogen and oxygen atoms in total. The lowest BCUT2D eigenvalue weighted by atomic mass is 9.93. The Morgan fingerprint density at radius 1 is 1.12 bits per heavy atom. The fourth-order valence-electron chi connectivity index (χ4n) is 4.97. The standard InChI is InChI=1S/C26H30N4O2/c1-17-6-5-7-21(26(31)29-10-3-4-11-29)24(17)19-8-9-22-20(14-19)15-23(25(27)28-22)30-12-13-32-16-18(30)2/h5-9,14-15,18H,3-4,10-13,16H2,1-2H3,(H2,27,28). The van der Waals surface area contributed by atoms with Gasteiger partial charge in [-0.1, -0.05) is 18.2 Å². The summed E-state index contributed by atoms with van der Waals surface area (Å²) >= 11 is 0. The fraction of sp³-hybridized carbons (Fsp3) is 0.385. The summed E-state index contributed by atoms with van der Waals surface area (Å²) in [6.07, 6.45) is 2.16. The van der Waals surface area contributed by atoms with Crippen LogP contribution in [0.5, 0.6) is 0 Å². The van der Waals surface area contributed by atoms with Gasteiger partial charge in [-0.3, -0.25) is 4.79 Å². The molecule has 0 bridgehead atoms. The van der Waals surface area contributed by atoms with Crippen LogP contribution in [0.1, 0.15) is 35.7 Å². The highest BCUT2D eigenvalue weighted by Crippen LogP contribution is 2.34. The van der Waals surface area contributed by atoms with Gasteiger partial charge in [0.05, 0.1) is 24.4 Å². The highest BCUT2D eigenvalue weighted by Gasteiger charge is 2.24. The summed E-state index contributed by atoms with van der Waals surface area (Å²) in [7, 11) is 0. The Kier molecular flexibility index (Phi) is 5.47. The average molecular weight is 431 g/mol. The Balaban J connectivity index is 1.59. The molecule has 0 spiro atoms. The summed E-state index contributed by atoms with van der Waals surface area (Å²) in [6.45, 7) is 8.06. The molecule has 2 fully saturated rings. The zero-order valence-corrected chi connectivity index (χ0v) is 18.8. The molecule has 2 aliphatic rings. The van der Waals surface area contributed by atoms with Crippen molar-refractivity contribution < 1.29 is 9.53 Å². The van der Waals surface area contributed by atoms with Crippen molar-refractivity contribution in [2.24, 2.45) is 0 Å². The molecular weight excluding hydrogens is 400 g/mol. The summed E-state index contributed by atoms with van der Waals surface area (Å²) < 4.78 is 5.59. The SMILES string of the molecule is Cc1cccc(C(=O)N2CCCC2)c1-c1ccc2nc(N)c(N3CCOCC3C)cc2c1. The number of fused-ring (bicyclic) bond motifs is 1. The number of pyridine rings is 1. The molecule has 2 saturated heterocycles. The molecule has 1 atom stereocenters. The number of hydrogen-bond acceptors (Lipinski definition) is 5. The van der Waals surface area contributed by atoms with Gasteiger partial charge in [-0.2, -0.15) is 0 Å². The Morgan fingerprint density at radius 3 is 2.72 bits per heavy atom. The third-order valence-corrected chi connectivity index (χ3v) is 6.69. The van der Waals surface area contributed by atoms with Gasteiger partial charge >= 0.3 is 0 Å². The fourth-order valence-corrected chi connectivity index (χ4v) is 4.97. The molecular formula is C26H30N4O2. The number of amides is 1. The summed E-state index contributed by atoms with van der Waals surface area (Å²) in [5.41, 5.74) is 12.1. The van der Waals surface area contributed by atoms with Gasteiger partial charge in [-0.05, 0) is 67.6 Å². The van der Waals surface area contributed by atoms with Crippen LogP contribution in [0.25, 0.3) is 22.0 Å². The number of rotatable bonds is 3. The largest absolute Gasteiger partial charge is 0.382 e. The molecule has 2 aliphatic heterocycles. The number of benzene rings is 2. The minimum Gasteiger partial charge on any atom is -0.382 e. The minimum absolute atomic E-state index is 0.125. The minimum atomic E-state index is 0.125. The monoisotopic (exact) mass is 430 g/mol. The number of carbonyl (C=O) groups excluding carboxylic acids is 1. The van der Waals surface area contributed by atoms with Crippen molar-refractivity contribution >= 4 is 28.3 Å². The van der Waals surface area contributed by atoms with E-state index < -0.39 is 0 Å². The molecule has 0 saturated carbocycles. The molecule has 3 aromatic rings. The Bertz CT molecular complexity index is 1170. The van der Waals surface area contributed by atoms with Crippen LogP contribution in [-0.2, 0) is 4.74 Å². The number of ether oxygens (including phenoxy) is 1. The van der Waals surface area contributed by atoms with E-state index in [4.69, 9.17) is 10.5 Å². The molecule has 5 rings (SSSR count).